The molecule has 15 heavy (non-hydrogen) atoms. The van der Waals surface area contributed by atoms with E-state index in [1.54, 1.807) is 12.1 Å². The number of carboxylic acid groups (broad SMARTS) is 1. The summed E-state index contributed by atoms with van der Waals surface area (Å²) in [5, 5.41) is 11.5. The van der Waals surface area contributed by atoms with Crippen molar-refractivity contribution in [2.24, 2.45) is 0 Å². The van der Waals surface area contributed by atoms with Gasteiger partial charge >= 0.3 is 5.97 Å². The van der Waals surface area contributed by atoms with E-state index in [0.717, 1.165) is 0 Å². The first-order chi connectivity index (χ1) is 7.02. The third-order valence-electron chi connectivity index (χ3n) is 1.82. The Labute approximate surface area is 87.9 Å². The van der Waals surface area contributed by atoms with Crippen LogP contribution in [0.4, 0.5) is 0 Å². The van der Waals surface area contributed by atoms with E-state index in [0.29, 0.717) is 0 Å². The summed E-state index contributed by atoms with van der Waals surface area (Å²) in [7, 11) is 0. The van der Waals surface area contributed by atoms with Crippen molar-refractivity contribution in [3.05, 3.63) is 35.4 Å². The summed E-state index contributed by atoms with van der Waals surface area (Å²) in [4.78, 5) is 22.4. The number of hydrogen-bond acceptors (Lipinski definition) is 2. The highest BCUT2D eigenvalue weighted by Crippen LogP contribution is 2.08. The molecule has 0 aliphatic rings. The lowest BCUT2D eigenvalue weighted by atomic mass is 10.1. The highest BCUT2D eigenvalue weighted by atomic mass is 16.4. The summed E-state index contributed by atoms with van der Waals surface area (Å²) >= 11 is 0. The first-order valence-electron chi connectivity index (χ1n) is 4.65. The van der Waals surface area contributed by atoms with Gasteiger partial charge in [0.1, 0.15) is 0 Å². The molecule has 1 rings (SSSR count). The van der Waals surface area contributed by atoms with E-state index < -0.39 is 5.97 Å². The number of aromatic carboxylic acids is 1. The predicted molar refractivity (Wildman–Crippen MR) is 56.0 cm³/mol. The van der Waals surface area contributed by atoms with Gasteiger partial charge in [-0.05, 0) is 26.0 Å². The second-order valence-electron chi connectivity index (χ2n) is 3.48. The van der Waals surface area contributed by atoms with Crippen LogP contribution in [0.15, 0.2) is 24.3 Å². The zero-order chi connectivity index (χ0) is 11.4. The Balaban J connectivity index is 3.03. The number of hydrogen-bond donors (Lipinski definition) is 2. The summed E-state index contributed by atoms with van der Waals surface area (Å²) in [5.41, 5.74) is 0.217. The summed E-state index contributed by atoms with van der Waals surface area (Å²) in [6, 6.07) is 6.13. The molecule has 0 atom stereocenters. The summed E-state index contributed by atoms with van der Waals surface area (Å²) in [5.74, 6) is -1.45. The van der Waals surface area contributed by atoms with Gasteiger partial charge in [0.2, 0.25) is 0 Å². The van der Waals surface area contributed by atoms with Crippen molar-refractivity contribution < 1.29 is 14.7 Å². The van der Waals surface area contributed by atoms with Crippen LogP contribution in [-0.4, -0.2) is 23.0 Å². The van der Waals surface area contributed by atoms with E-state index in [4.69, 9.17) is 5.11 Å². The Bertz CT molecular complexity index is 385. The molecule has 0 aliphatic carbocycles. The average Bonchev–Trinajstić information content (AvgIpc) is 2.16. The Kier molecular flexibility index (Phi) is 3.44. The number of nitrogens with one attached hydrogen (secondary N) is 1. The third kappa shape index (κ3) is 2.80. The van der Waals surface area contributed by atoms with Crippen LogP contribution in [0, 0.1) is 0 Å². The van der Waals surface area contributed by atoms with E-state index in [2.05, 4.69) is 5.32 Å². The average molecular weight is 207 g/mol. The number of carbonyl (C=O) groups excluding carboxylic acids is 1. The van der Waals surface area contributed by atoms with Gasteiger partial charge < -0.3 is 10.4 Å². The van der Waals surface area contributed by atoms with Gasteiger partial charge in [-0.3, -0.25) is 4.79 Å². The lowest BCUT2D eigenvalue weighted by Gasteiger charge is -2.09. The summed E-state index contributed by atoms with van der Waals surface area (Å²) < 4.78 is 0. The van der Waals surface area contributed by atoms with Crippen molar-refractivity contribution in [3.8, 4) is 0 Å². The van der Waals surface area contributed by atoms with E-state index >= 15 is 0 Å². The zero-order valence-electron chi connectivity index (χ0n) is 8.65. The Morgan fingerprint density at radius 3 is 2.20 bits per heavy atom. The highest BCUT2D eigenvalue weighted by molar-refractivity contribution is 6.04. The van der Waals surface area contributed by atoms with Crippen molar-refractivity contribution in [2.75, 3.05) is 0 Å². The molecule has 0 heterocycles. The second kappa shape index (κ2) is 4.59. The van der Waals surface area contributed by atoms with Crippen LogP contribution in [-0.2, 0) is 0 Å². The van der Waals surface area contributed by atoms with Gasteiger partial charge in [0.25, 0.3) is 5.91 Å². The van der Waals surface area contributed by atoms with Crippen LogP contribution in [0.3, 0.4) is 0 Å². The lowest BCUT2D eigenvalue weighted by Crippen LogP contribution is -2.31. The van der Waals surface area contributed by atoms with Gasteiger partial charge in [0.05, 0.1) is 11.1 Å². The molecule has 80 valence electrons. The smallest absolute Gasteiger partial charge is 0.336 e. The van der Waals surface area contributed by atoms with E-state index in [1.807, 2.05) is 13.8 Å². The summed E-state index contributed by atoms with van der Waals surface area (Å²) in [6.07, 6.45) is 0. The maximum absolute atomic E-state index is 11.6. The number of benzene rings is 1. The van der Waals surface area contributed by atoms with Crippen LogP contribution in [0.5, 0.6) is 0 Å². The van der Waals surface area contributed by atoms with Crippen molar-refractivity contribution in [1.29, 1.82) is 0 Å². The largest absolute Gasteiger partial charge is 0.478 e. The molecule has 0 saturated heterocycles. The highest BCUT2D eigenvalue weighted by Gasteiger charge is 2.15. The lowest BCUT2D eigenvalue weighted by molar-refractivity contribution is 0.0690. The fourth-order valence-electron chi connectivity index (χ4n) is 1.21. The first kappa shape index (κ1) is 11.2. The third-order valence-corrected chi connectivity index (χ3v) is 1.82. The predicted octanol–water partition coefficient (Wildman–Crippen LogP) is 1.52. The first-order valence-corrected chi connectivity index (χ1v) is 4.65. The summed E-state index contributed by atoms with van der Waals surface area (Å²) in [6.45, 7) is 3.64. The molecular weight excluding hydrogens is 194 g/mol. The molecule has 0 spiro atoms. The number of rotatable bonds is 3. The molecule has 4 heteroatoms. The van der Waals surface area contributed by atoms with Crippen molar-refractivity contribution in [1.82, 2.24) is 5.32 Å². The molecule has 1 aromatic rings. The van der Waals surface area contributed by atoms with Crippen molar-refractivity contribution >= 4 is 11.9 Å². The minimum Gasteiger partial charge on any atom is -0.478 e. The molecule has 1 aromatic carbocycles. The molecule has 0 unspecified atom stereocenters. The van der Waals surface area contributed by atoms with Crippen LogP contribution in [0.25, 0.3) is 0 Å². The van der Waals surface area contributed by atoms with E-state index in [-0.39, 0.29) is 23.1 Å². The minimum atomic E-state index is -1.09. The van der Waals surface area contributed by atoms with Crippen molar-refractivity contribution in [3.63, 3.8) is 0 Å². The van der Waals surface area contributed by atoms with Gasteiger partial charge in [-0.25, -0.2) is 4.79 Å². The molecule has 0 fully saturated rings. The van der Waals surface area contributed by atoms with Gasteiger partial charge in [-0.2, -0.15) is 0 Å². The molecular formula is C11H13NO3. The van der Waals surface area contributed by atoms with E-state index in [1.165, 1.54) is 12.1 Å². The fraction of sp³-hybridized carbons (Fsp3) is 0.273. The van der Waals surface area contributed by atoms with Crippen LogP contribution in [0.2, 0.25) is 0 Å². The maximum Gasteiger partial charge on any atom is 0.336 e. The normalized spacial score (nSPS) is 10.1. The van der Waals surface area contributed by atoms with Gasteiger partial charge in [-0.1, -0.05) is 12.1 Å². The number of carboxylic acids is 1. The molecule has 1 amide bonds. The SMILES string of the molecule is CC(C)NC(=O)c1ccccc1C(=O)O. The maximum atomic E-state index is 11.6. The Morgan fingerprint density at radius 1 is 1.20 bits per heavy atom. The van der Waals surface area contributed by atoms with Crippen LogP contribution >= 0.6 is 0 Å². The molecule has 0 aromatic heterocycles. The molecule has 0 radical (unpaired) electrons. The fourth-order valence-corrected chi connectivity index (χ4v) is 1.21. The monoisotopic (exact) mass is 207 g/mol. The molecule has 2 N–H and O–H groups in total. The Hall–Kier alpha value is -1.84. The standard InChI is InChI=1S/C11H13NO3/c1-7(2)12-10(13)8-5-3-4-6-9(8)11(14)15/h3-7H,1-2H3,(H,12,13)(H,14,15). The Morgan fingerprint density at radius 2 is 1.73 bits per heavy atom. The molecule has 4 nitrogen and oxygen atoms in total. The second-order valence-corrected chi connectivity index (χ2v) is 3.48. The quantitative estimate of drug-likeness (QED) is 0.789. The molecule has 0 aliphatic heterocycles. The zero-order valence-corrected chi connectivity index (χ0v) is 8.65. The van der Waals surface area contributed by atoms with Gasteiger partial charge in [-0.15, -0.1) is 0 Å². The number of amides is 1. The van der Waals surface area contributed by atoms with Crippen molar-refractivity contribution in [2.45, 2.75) is 19.9 Å². The van der Waals surface area contributed by atoms with E-state index in [9.17, 15) is 9.59 Å². The minimum absolute atomic E-state index is 0.0145. The number of carbonyl (C=O) groups is 2. The molecule has 0 saturated carbocycles. The van der Waals surface area contributed by atoms with Gasteiger partial charge in [0, 0.05) is 6.04 Å². The topological polar surface area (TPSA) is 66.4 Å². The van der Waals surface area contributed by atoms with Crippen LogP contribution < -0.4 is 5.32 Å². The van der Waals surface area contributed by atoms with Crippen LogP contribution in [0.1, 0.15) is 34.6 Å². The van der Waals surface area contributed by atoms with Gasteiger partial charge in [0.15, 0.2) is 0 Å². The molecule has 0 bridgehead atoms.